The van der Waals surface area contributed by atoms with Gasteiger partial charge in [-0.25, -0.2) is 0 Å². The van der Waals surface area contributed by atoms with Crippen molar-refractivity contribution in [1.82, 2.24) is 0 Å². The van der Waals surface area contributed by atoms with E-state index < -0.39 is 11.9 Å². The van der Waals surface area contributed by atoms with Gasteiger partial charge in [-0.1, -0.05) is 12.2 Å². The number of carbonyl (C=O) groups excluding carboxylic acids is 2. The van der Waals surface area contributed by atoms with Gasteiger partial charge >= 0.3 is 11.9 Å². The highest BCUT2D eigenvalue weighted by atomic mass is 16.6. The second-order valence-corrected chi connectivity index (χ2v) is 4.24. The summed E-state index contributed by atoms with van der Waals surface area (Å²) in [6, 6.07) is 0. The molecule has 2 atom stereocenters. The van der Waals surface area contributed by atoms with Crippen molar-refractivity contribution in [2.75, 3.05) is 0 Å². The summed E-state index contributed by atoms with van der Waals surface area (Å²) in [4.78, 5) is 22.8. The van der Waals surface area contributed by atoms with E-state index in [9.17, 15) is 9.59 Å². The van der Waals surface area contributed by atoms with Crippen LogP contribution in [0.15, 0.2) is 24.3 Å². The van der Waals surface area contributed by atoms with Crippen molar-refractivity contribution in [3.63, 3.8) is 0 Å². The van der Waals surface area contributed by atoms with Crippen LogP contribution in [-0.4, -0.2) is 24.1 Å². The molecule has 0 amide bonds. The molecule has 0 bridgehead atoms. The minimum absolute atomic E-state index is 0.165. The number of esters is 2. The van der Waals surface area contributed by atoms with Crippen molar-refractivity contribution in [1.29, 1.82) is 0 Å². The van der Waals surface area contributed by atoms with Crippen molar-refractivity contribution in [2.45, 2.75) is 44.3 Å². The third kappa shape index (κ3) is 3.73. The predicted octanol–water partition coefficient (Wildman–Crippen LogP) is 1.90. The fourth-order valence-corrected chi connectivity index (χ4v) is 1.94. The Kier molecular flexibility index (Phi) is 3.96. The molecule has 2 rings (SSSR count). The van der Waals surface area contributed by atoms with Crippen molar-refractivity contribution in [3.05, 3.63) is 24.3 Å². The summed E-state index contributed by atoms with van der Waals surface area (Å²) in [5.41, 5.74) is 0. The molecule has 0 N–H and O–H groups in total. The number of rotatable bonds is 4. The standard InChI is InChI=1S/C13H16O4/c14-12(16-10-5-1-2-6-10)9-13(15)17-11-7-3-4-8-11/h1,3,5,7,10-11H,2,4,6,8-9H2. The van der Waals surface area contributed by atoms with Gasteiger partial charge in [-0.3, -0.25) is 9.59 Å². The molecule has 4 heteroatoms. The number of hydrogen-bond donors (Lipinski definition) is 0. The van der Waals surface area contributed by atoms with Crippen LogP contribution in [-0.2, 0) is 19.1 Å². The first-order chi connectivity index (χ1) is 8.24. The zero-order chi connectivity index (χ0) is 12.1. The Morgan fingerprint density at radius 1 is 0.941 bits per heavy atom. The van der Waals surface area contributed by atoms with Gasteiger partial charge in [0.25, 0.3) is 0 Å². The Balaban J connectivity index is 1.68. The van der Waals surface area contributed by atoms with E-state index in [1.807, 2.05) is 24.3 Å². The van der Waals surface area contributed by atoms with Crippen LogP contribution in [0.5, 0.6) is 0 Å². The molecule has 0 aromatic rings. The quantitative estimate of drug-likeness (QED) is 0.425. The Morgan fingerprint density at radius 3 is 1.76 bits per heavy atom. The Hall–Kier alpha value is -1.58. The van der Waals surface area contributed by atoms with E-state index in [0.29, 0.717) is 0 Å². The molecule has 92 valence electrons. The van der Waals surface area contributed by atoms with E-state index in [0.717, 1.165) is 25.7 Å². The molecule has 0 saturated heterocycles. The highest BCUT2D eigenvalue weighted by Gasteiger charge is 2.20. The summed E-state index contributed by atoms with van der Waals surface area (Å²) in [7, 11) is 0. The van der Waals surface area contributed by atoms with Crippen LogP contribution in [0.25, 0.3) is 0 Å². The molecule has 2 aliphatic carbocycles. The van der Waals surface area contributed by atoms with Crippen molar-refractivity contribution in [3.8, 4) is 0 Å². The van der Waals surface area contributed by atoms with Crippen molar-refractivity contribution in [2.24, 2.45) is 0 Å². The van der Waals surface area contributed by atoms with Crippen LogP contribution in [0.4, 0.5) is 0 Å². The number of ether oxygens (including phenoxy) is 2. The van der Waals surface area contributed by atoms with Gasteiger partial charge in [-0.05, 0) is 37.8 Å². The summed E-state index contributed by atoms with van der Waals surface area (Å²) in [5.74, 6) is -1.01. The molecule has 2 unspecified atom stereocenters. The minimum Gasteiger partial charge on any atom is -0.458 e. The van der Waals surface area contributed by atoms with Gasteiger partial charge in [-0.15, -0.1) is 0 Å². The number of hydrogen-bond acceptors (Lipinski definition) is 4. The molecule has 0 heterocycles. The average Bonchev–Trinajstić information content (AvgIpc) is 2.90. The summed E-state index contributed by atoms with van der Waals surface area (Å²) in [6.07, 6.45) is 10.5. The van der Waals surface area contributed by atoms with E-state index in [4.69, 9.17) is 9.47 Å². The summed E-state index contributed by atoms with van der Waals surface area (Å²) in [5, 5.41) is 0. The van der Waals surface area contributed by atoms with Gasteiger partial charge in [0, 0.05) is 0 Å². The lowest BCUT2D eigenvalue weighted by molar-refractivity contribution is -0.157. The molecule has 0 fully saturated rings. The van der Waals surface area contributed by atoms with Gasteiger partial charge in [0.1, 0.15) is 18.6 Å². The Labute approximate surface area is 100 Å². The molecule has 0 radical (unpaired) electrons. The van der Waals surface area contributed by atoms with Crippen LogP contribution in [0.2, 0.25) is 0 Å². The van der Waals surface area contributed by atoms with Gasteiger partial charge in [-0.2, -0.15) is 0 Å². The van der Waals surface area contributed by atoms with E-state index in [2.05, 4.69) is 0 Å². The Morgan fingerprint density at radius 2 is 1.41 bits per heavy atom. The minimum atomic E-state index is -0.506. The lowest BCUT2D eigenvalue weighted by atomic mass is 10.3. The molecule has 0 aromatic carbocycles. The molecule has 0 spiro atoms. The van der Waals surface area contributed by atoms with Crippen molar-refractivity contribution >= 4 is 11.9 Å². The third-order valence-electron chi connectivity index (χ3n) is 2.79. The van der Waals surface area contributed by atoms with Crippen LogP contribution in [0.3, 0.4) is 0 Å². The van der Waals surface area contributed by atoms with E-state index in [-0.39, 0.29) is 18.6 Å². The highest BCUT2D eigenvalue weighted by molar-refractivity contribution is 5.91. The van der Waals surface area contributed by atoms with Gasteiger partial charge in [0.05, 0.1) is 0 Å². The molecule has 0 saturated carbocycles. The van der Waals surface area contributed by atoms with Gasteiger partial charge in [0.2, 0.25) is 0 Å². The summed E-state index contributed by atoms with van der Waals surface area (Å²) < 4.78 is 10.2. The predicted molar refractivity (Wildman–Crippen MR) is 61.1 cm³/mol. The zero-order valence-electron chi connectivity index (χ0n) is 9.63. The largest absolute Gasteiger partial charge is 0.458 e. The summed E-state index contributed by atoms with van der Waals surface area (Å²) >= 11 is 0. The molecule has 4 nitrogen and oxygen atoms in total. The van der Waals surface area contributed by atoms with Gasteiger partial charge in [0.15, 0.2) is 0 Å². The van der Waals surface area contributed by atoms with Gasteiger partial charge < -0.3 is 9.47 Å². The maximum Gasteiger partial charge on any atom is 0.317 e. The fraction of sp³-hybridized carbons (Fsp3) is 0.538. The SMILES string of the molecule is O=C(CC(=O)OC1C=CCC1)OC1C=CCC1. The second kappa shape index (κ2) is 5.66. The average molecular weight is 236 g/mol. The first kappa shape index (κ1) is 11.9. The van der Waals surface area contributed by atoms with Crippen LogP contribution in [0, 0.1) is 0 Å². The monoisotopic (exact) mass is 236 g/mol. The van der Waals surface area contributed by atoms with E-state index >= 15 is 0 Å². The highest BCUT2D eigenvalue weighted by Crippen LogP contribution is 2.15. The second-order valence-electron chi connectivity index (χ2n) is 4.24. The van der Waals surface area contributed by atoms with Crippen LogP contribution in [0.1, 0.15) is 32.1 Å². The van der Waals surface area contributed by atoms with E-state index in [1.165, 1.54) is 0 Å². The van der Waals surface area contributed by atoms with Crippen LogP contribution >= 0.6 is 0 Å². The van der Waals surface area contributed by atoms with Crippen molar-refractivity contribution < 1.29 is 19.1 Å². The lowest BCUT2D eigenvalue weighted by Crippen LogP contribution is -2.21. The third-order valence-corrected chi connectivity index (χ3v) is 2.79. The zero-order valence-corrected chi connectivity index (χ0v) is 9.63. The number of allylic oxidation sites excluding steroid dienone is 2. The molecule has 2 aliphatic rings. The van der Waals surface area contributed by atoms with E-state index in [1.54, 1.807) is 0 Å². The fourth-order valence-electron chi connectivity index (χ4n) is 1.94. The number of carbonyl (C=O) groups is 2. The normalized spacial score (nSPS) is 26.1. The smallest absolute Gasteiger partial charge is 0.317 e. The molecular weight excluding hydrogens is 220 g/mol. The maximum absolute atomic E-state index is 11.4. The molecule has 0 aliphatic heterocycles. The molecule has 17 heavy (non-hydrogen) atoms. The first-order valence-corrected chi connectivity index (χ1v) is 5.96. The summed E-state index contributed by atoms with van der Waals surface area (Å²) in [6.45, 7) is 0. The maximum atomic E-state index is 11.4. The topological polar surface area (TPSA) is 52.6 Å². The molecular formula is C13H16O4. The molecule has 0 aromatic heterocycles. The van der Waals surface area contributed by atoms with Crippen LogP contribution < -0.4 is 0 Å². The first-order valence-electron chi connectivity index (χ1n) is 5.96. The lowest BCUT2D eigenvalue weighted by Gasteiger charge is -2.12. The Bertz CT molecular complexity index is 322.